The number of aryl methyl sites for hydroxylation is 3. The first-order valence-electron chi connectivity index (χ1n) is 6.09. The number of carbonyl (C=O) groups excluding carboxylic acids is 1. The molecule has 1 heterocycles. The number of fused-ring (bicyclic) bond motifs is 1. The Morgan fingerprint density at radius 1 is 1.33 bits per heavy atom. The molecule has 3 nitrogen and oxygen atoms in total. The molecule has 0 spiro atoms. The summed E-state index contributed by atoms with van der Waals surface area (Å²) in [6.07, 6.45) is 3.35. The third kappa shape index (κ3) is 2.04. The molecular weight excluding hydrogens is 244 g/mol. The van der Waals surface area contributed by atoms with Gasteiger partial charge in [0.2, 0.25) is 0 Å². The minimum absolute atomic E-state index is 0.0690. The predicted octanol–water partition coefficient (Wildman–Crippen LogP) is 3.19. The molecule has 1 aliphatic rings. The van der Waals surface area contributed by atoms with Crippen LogP contribution in [-0.2, 0) is 12.8 Å². The number of benzene rings is 1. The van der Waals surface area contributed by atoms with Gasteiger partial charge in [-0.05, 0) is 37.8 Å². The van der Waals surface area contributed by atoms with Gasteiger partial charge in [0.1, 0.15) is 0 Å². The van der Waals surface area contributed by atoms with Crippen molar-refractivity contribution < 1.29 is 4.79 Å². The van der Waals surface area contributed by atoms with E-state index in [0.29, 0.717) is 5.56 Å². The minimum atomic E-state index is -0.0690. The smallest absolute Gasteiger partial charge is 0.257 e. The Hall–Kier alpha value is -1.68. The van der Waals surface area contributed by atoms with Crippen LogP contribution in [0.5, 0.6) is 0 Å². The summed E-state index contributed by atoms with van der Waals surface area (Å²) in [5.41, 5.74) is 2.87. The Morgan fingerprint density at radius 2 is 2.17 bits per heavy atom. The molecule has 1 aromatic heterocycles. The molecule has 1 aromatic carbocycles. The molecule has 3 rings (SSSR count). The topological polar surface area (TPSA) is 42.0 Å². The van der Waals surface area contributed by atoms with Gasteiger partial charge in [-0.1, -0.05) is 18.2 Å². The number of carbonyl (C=O) groups is 1. The molecule has 0 atom stereocenters. The number of thiazole rings is 1. The fourth-order valence-electron chi connectivity index (χ4n) is 2.24. The van der Waals surface area contributed by atoms with E-state index >= 15 is 0 Å². The highest BCUT2D eigenvalue weighted by Crippen LogP contribution is 2.30. The molecule has 18 heavy (non-hydrogen) atoms. The van der Waals surface area contributed by atoms with Crippen molar-refractivity contribution >= 4 is 22.4 Å². The van der Waals surface area contributed by atoms with E-state index in [1.807, 2.05) is 31.2 Å². The second-order valence-electron chi connectivity index (χ2n) is 4.51. The van der Waals surface area contributed by atoms with Crippen molar-refractivity contribution in [3.8, 4) is 0 Å². The van der Waals surface area contributed by atoms with E-state index in [1.54, 1.807) is 11.3 Å². The van der Waals surface area contributed by atoms with Crippen LogP contribution in [0.2, 0.25) is 0 Å². The van der Waals surface area contributed by atoms with E-state index in [2.05, 4.69) is 10.3 Å². The first kappa shape index (κ1) is 11.4. The molecule has 0 unspecified atom stereocenters. The van der Waals surface area contributed by atoms with Crippen LogP contribution < -0.4 is 5.32 Å². The Kier molecular flexibility index (Phi) is 2.88. The van der Waals surface area contributed by atoms with Crippen molar-refractivity contribution in [2.45, 2.75) is 26.2 Å². The van der Waals surface area contributed by atoms with Crippen LogP contribution in [0, 0.1) is 6.92 Å². The van der Waals surface area contributed by atoms with Crippen LogP contribution in [-0.4, -0.2) is 10.9 Å². The average molecular weight is 258 g/mol. The molecule has 2 aromatic rings. The number of nitrogens with zero attached hydrogens (tertiary/aromatic N) is 1. The third-order valence-corrected chi connectivity index (χ3v) is 4.28. The zero-order valence-corrected chi connectivity index (χ0v) is 11.0. The Morgan fingerprint density at radius 3 is 2.94 bits per heavy atom. The van der Waals surface area contributed by atoms with Crippen molar-refractivity contribution in [3.05, 3.63) is 46.0 Å². The molecule has 0 saturated heterocycles. The van der Waals surface area contributed by atoms with Crippen molar-refractivity contribution in [2.24, 2.45) is 0 Å². The lowest BCUT2D eigenvalue weighted by Gasteiger charge is -2.04. The molecule has 0 bridgehead atoms. The van der Waals surface area contributed by atoms with Crippen LogP contribution in [0.1, 0.15) is 32.9 Å². The van der Waals surface area contributed by atoms with Gasteiger partial charge in [-0.2, -0.15) is 0 Å². The fraction of sp³-hybridized carbons (Fsp3) is 0.286. The van der Waals surface area contributed by atoms with Gasteiger partial charge in [-0.25, -0.2) is 4.98 Å². The molecule has 92 valence electrons. The van der Waals surface area contributed by atoms with Gasteiger partial charge >= 0.3 is 0 Å². The molecule has 1 amide bonds. The Bertz CT molecular complexity index is 582. The van der Waals surface area contributed by atoms with E-state index in [4.69, 9.17) is 0 Å². The second-order valence-corrected chi connectivity index (χ2v) is 5.60. The highest BCUT2D eigenvalue weighted by atomic mass is 32.1. The van der Waals surface area contributed by atoms with Gasteiger partial charge in [0.25, 0.3) is 5.91 Å². The van der Waals surface area contributed by atoms with E-state index in [0.717, 1.165) is 23.5 Å². The van der Waals surface area contributed by atoms with Crippen molar-refractivity contribution in [2.75, 3.05) is 5.32 Å². The maximum Gasteiger partial charge on any atom is 0.257 e. The monoisotopic (exact) mass is 258 g/mol. The van der Waals surface area contributed by atoms with Crippen LogP contribution in [0.4, 0.5) is 5.13 Å². The van der Waals surface area contributed by atoms with Gasteiger partial charge in [0, 0.05) is 10.4 Å². The summed E-state index contributed by atoms with van der Waals surface area (Å²) < 4.78 is 0. The third-order valence-electron chi connectivity index (χ3n) is 3.21. The van der Waals surface area contributed by atoms with E-state index in [1.165, 1.54) is 17.0 Å². The van der Waals surface area contributed by atoms with Gasteiger partial charge in [-0.15, -0.1) is 11.3 Å². The highest BCUT2D eigenvalue weighted by molar-refractivity contribution is 7.15. The van der Waals surface area contributed by atoms with Crippen LogP contribution in [0.15, 0.2) is 24.3 Å². The lowest BCUT2D eigenvalue weighted by molar-refractivity contribution is 0.102. The zero-order chi connectivity index (χ0) is 12.5. The first-order chi connectivity index (χ1) is 8.74. The largest absolute Gasteiger partial charge is 0.298 e. The normalized spacial score (nSPS) is 13.4. The number of amides is 1. The number of rotatable bonds is 2. The first-order valence-corrected chi connectivity index (χ1v) is 6.91. The summed E-state index contributed by atoms with van der Waals surface area (Å²) in [5, 5.41) is 3.63. The molecule has 0 radical (unpaired) electrons. The van der Waals surface area contributed by atoms with E-state index < -0.39 is 0 Å². The number of hydrogen-bond donors (Lipinski definition) is 1. The standard InChI is InChI=1S/C14H14N2OS/c1-9-5-2-3-6-10(9)13(17)16-14-15-11-7-4-8-12(11)18-14/h2-3,5-6H,4,7-8H2,1H3,(H,15,16,17). The van der Waals surface area contributed by atoms with Gasteiger partial charge in [0.05, 0.1) is 5.69 Å². The Labute approximate surface area is 110 Å². The van der Waals surface area contributed by atoms with Crippen molar-refractivity contribution in [1.82, 2.24) is 4.98 Å². The quantitative estimate of drug-likeness (QED) is 0.898. The van der Waals surface area contributed by atoms with Crippen molar-refractivity contribution in [1.29, 1.82) is 0 Å². The number of hydrogen-bond acceptors (Lipinski definition) is 3. The Balaban J connectivity index is 1.80. The van der Waals surface area contributed by atoms with Gasteiger partial charge < -0.3 is 0 Å². The summed E-state index contributed by atoms with van der Waals surface area (Å²) in [7, 11) is 0. The summed E-state index contributed by atoms with van der Waals surface area (Å²) >= 11 is 1.61. The van der Waals surface area contributed by atoms with E-state index in [9.17, 15) is 4.79 Å². The SMILES string of the molecule is Cc1ccccc1C(=O)Nc1nc2c(s1)CCC2. The maximum absolute atomic E-state index is 12.1. The summed E-state index contributed by atoms with van der Waals surface area (Å²) in [6, 6.07) is 7.59. The van der Waals surface area contributed by atoms with Gasteiger partial charge in [-0.3, -0.25) is 10.1 Å². The van der Waals surface area contributed by atoms with Crippen LogP contribution in [0.3, 0.4) is 0 Å². The van der Waals surface area contributed by atoms with E-state index in [-0.39, 0.29) is 5.91 Å². The average Bonchev–Trinajstić information content (AvgIpc) is 2.90. The molecule has 1 N–H and O–H groups in total. The molecule has 0 fully saturated rings. The highest BCUT2D eigenvalue weighted by Gasteiger charge is 2.18. The van der Waals surface area contributed by atoms with Crippen LogP contribution in [0.25, 0.3) is 0 Å². The minimum Gasteiger partial charge on any atom is -0.298 e. The van der Waals surface area contributed by atoms with Crippen molar-refractivity contribution in [3.63, 3.8) is 0 Å². The lowest BCUT2D eigenvalue weighted by Crippen LogP contribution is -2.13. The van der Waals surface area contributed by atoms with Gasteiger partial charge in [0.15, 0.2) is 5.13 Å². The molecule has 4 heteroatoms. The fourth-order valence-corrected chi connectivity index (χ4v) is 3.28. The number of nitrogens with one attached hydrogen (secondary N) is 1. The number of aromatic nitrogens is 1. The number of anilines is 1. The molecule has 0 aliphatic heterocycles. The zero-order valence-electron chi connectivity index (χ0n) is 10.2. The molecular formula is C14H14N2OS. The predicted molar refractivity (Wildman–Crippen MR) is 73.3 cm³/mol. The molecule has 1 aliphatic carbocycles. The lowest BCUT2D eigenvalue weighted by atomic mass is 10.1. The second kappa shape index (κ2) is 4.53. The summed E-state index contributed by atoms with van der Waals surface area (Å²) in [4.78, 5) is 17.9. The summed E-state index contributed by atoms with van der Waals surface area (Å²) in [6.45, 7) is 1.94. The summed E-state index contributed by atoms with van der Waals surface area (Å²) in [5.74, 6) is -0.0690. The molecule has 0 saturated carbocycles. The maximum atomic E-state index is 12.1. The van der Waals surface area contributed by atoms with Crippen LogP contribution >= 0.6 is 11.3 Å².